The van der Waals surface area contributed by atoms with Crippen molar-refractivity contribution in [2.24, 2.45) is 0 Å². The van der Waals surface area contributed by atoms with E-state index in [0.29, 0.717) is 6.61 Å². The Bertz CT molecular complexity index is 688. The molecular formula is C19H18O3. The van der Waals surface area contributed by atoms with Gasteiger partial charge in [-0.15, -0.1) is 0 Å². The van der Waals surface area contributed by atoms with Crippen molar-refractivity contribution >= 4 is 5.97 Å². The molecule has 0 bridgehead atoms. The fourth-order valence-corrected chi connectivity index (χ4v) is 1.94. The van der Waals surface area contributed by atoms with E-state index < -0.39 is 11.9 Å². The Hall–Kier alpha value is -2.73. The zero-order valence-electron chi connectivity index (χ0n) is 12.7. The van der Waals surface area contributed by atoms with Gasteiger partial charge in [-0.1, -0.05) is 24.0 Å². The zero-order valence-corrected chi connectivity index (χ0v) is 12.7. The van der Waals surface area contributed by atoms with E-state index >= 15 is 0 Å². The Morgan fingerprint density at radius 1 is 1.05 bits per heavy atom. The van der Waals surface area contributed by atoms with E-state index in [1.807, 2.05) is 43.3 Å². The molecule has 3 nitrogen and oxygen atoms in total. The lowest BCUT2D eigenvalue weighted by Crippen LogP contribution is -2.06. The predicted octanol–water partition coefficient (Wildman–Crippen LogP) is 3.67. The van der Waals surface area contributed by atoms with Crippen LogP contribution in [0.15, 0.2) is 48.5 Å². The van der Waals surface area contributed by atoms with Crippen LogP contribution in [-0.2, 0) is 4.79 Å². The summed E-state index contributed by atoms with van der Waals surface area (Å²) < 4.78 is 5.38. The summed E-state index contributed by atoms with van der Waals surface area (Å²) in [5, 5.41) is 8.98. The van der Waals surface area contributed by atoms with Gasteiger partial charge in [0.25, 0.3) is 0 Å². The van der Waals surface area contributed by atoms with Crippen LogP contribution in [0.3, 0.4) is 0 Å². The van der Waals surface area contributed by atoms with Gasteiger partial charge in [0.1, 0.15) is 5.75 Å². The second-order valence-electron chi connectivity index (χ2n) is 4.89. The number of ether oxygens (including phenoxy) is 1. The molecule has 2 aromatic carbocycles. The molecular weight excluding hydrogens is 276 g/mol. The summed E-state index contributed by atoms with van der Waals surface area (Å²) in [7, 11) is 0. The van der Waals surface area contributed by atoms with Gasteiger partial charge in [0.2, 0.25) is 0 Å². The van der Waals surface area contributed by atoms with Gasteiger partial charge in [-0.25, -0.2) is 0 Å². The lowest BCUT2D eigenvalue weighted by Gasteiger charge is -2.05. The van der Waals surface area contributed by atoms with Crippen molar-refractivity contribution in [2.45, 2.75) is 19.8 Å². The van der Waals surface area contributed by atoms with Crippen LogP contribution >= 0.6 is 0 Å². The summed E-state index contributed by atoms with van der Waals surface area (Å²) in [6.07, 6.45) is 0. The highest BCUT2D eigenvalue weighted by Gasteiger charge is 2.12. The van der Waals surface area contributed by atoms with Crippen molar-refractivity contribution in [3.8, 4) is 17.6 Å². The number of hydrogen-bond donors (Lipinski definition) is 1. The quantitative estimate of drug-likeness (QED) is 0.875. The van der Waals surface area contributed by atoms with Crippen molar-refractivity contribution in [3.05, 3.63) is 65.2 Å². The molecule has 112 valence electrons. The highest BCUT2D eigenvalue weighted by molar-refractivity contribution is 5.75. The van der Waals surface area contributed by atoms with Gasteiger partial charge >= 0.3 is 5.97 Å². The number of rotatable bonds is 4. The molecule has 0 aliphatic rings. The summed E-state index contributed by atoms with van der Waals surface area (Å²) in [6, 6.07) is 14.9. The summed E-state index contributed by atoms with van der Waals surface area (Å²) in [4.78, 5) is 10.9. The molecule has 0 heterocycles. The maximum absolute atomic E-state index is 10.9. The molecule has 3 heteroatoms. The summed E-state index contributed by atoms with van der Waals surface area (Å²) in [5.41, 5.74) is 2.54. The van der Waals surface area contributed by atoms with Crippen molar-refractivity contribution < 1.29 is 14.6 Å². The number of carboxylic acids is 1. The first-order valence-corrected chi connectivity index (χ1v) is 7.18. The summed E-state index contributed by atoms with van der Waals surface area (Å²) in [5.74, 6) is 5.65. The first kappa shape index (κ1) is 15.7. The molecule has 1 atom stereocenters. The molecule has 0 amide bonds. The third kappa shape index (κ3) is 4.13. The predicted molar refractivity (Wildman–Crippen MR) is 86.1 cm³/mol. The SMILES string of the molecule is CCOc1ccc(C#Cc2ccc([C@@H](C)C(=O)O)cc2)cc1. The third-order valence-corrected chi connectivity index (χ3v) is 3.30. The Balaban J connectivity index is 2.09. The van der Waals surface area contributed by atoms with E-state index in [1.54, 1.807) is 19.1 Å². The number of carbonyl (C=O) groups is 1. The summed E-state index contributed by atoms with van der Waals surface area (Å²) >= 11 is 0. The first-order valence-electron chi connectivity index (χ1n) is 7.18. The molecule has 0 spiro atoms. The normalized spacial score (nSPS) is 11.2. The van der Waals surface area contributed by atoms with Gasteiger partial charge < -0.3 is 9.84 Å². The Morgan fingerprint density at radius 2 is 1.55 bits per heavy atom. The molecule has 2 rings (SSSR count). The number of carboxylic acid groups (broad SMARTS) is 1. The smallest absolute Gasteiger partial charge is 0.310 e. The molecule has 22 heavy (non-hydrogen) atoms. The molecule has 0 aliphatic heterocycles. The van der Waals surface area contributed by atoms with Gasteiger partial charge in [-0.2, -0.15) is 0 Å². The largest absolute Gasteiger partial charge is 0.494 e. The molecule has 0 saturated heterocycles. The highest BCUT2D eigenvalue weighted by Crippen LogP contribution is 2.16. The van der Waals surface area contributed by atoms with Crippen LogP contribution < -0.4 is 4.74 Å². The second kappa shape index (κ2) is 7.33. The van der Waals surface area contributed by atoms with Crippen LogP contribution in [0.4, 0.5) is 0 Å². The molecule has 0 aromatic heterocycles. The van der Waals surface area contributed by atoms with Crippen molar-refractivity contribution in [1.29, 1.82) is 0 Å². The van der Waals surface area contributed by atoms with Gasteiger partial charge in [0, 0.05) is 11.1 Å². The number of aliphatic carboxylic acids is 1. The Kier molecular flexibility index (Phi) is 5.21. The van der Waals surface area contributed by atoms with Crippen molar-refractivity contribution in [2.75, 3.05) is 6.61 Å². The van der Waals surface area contributed by atoms with Crippen molar-refractivity contribution in [1.82, 2.24) is 0 Å². The molecule has 0 unspecified atom stereocenters. The minimum atomic E-state index is -0.826. The van der Waals surface area contributed by atoms with E-state index in [0.717, 1.165) is 22.4 Å². The number of benzene rings is 2. The topological polar surface area (TPSA) is 46.5 Å². The fraction of sp³-hybridized carbons (Fsp3) is 0.211. The standard InChI is InChI=1S/C19H18O3/c1-3-22-18-12-8-16(9-13-18)5-4-15-6-10-17(11-7-15)14(2)19(20)21/h6-14H,3H2,1-2H3,(H,20,21)/t14-/m1/s1. The third-order valence-electron chi connectivity index (χ3n) is 3.30. The second-order valence-corrected chi connectivity index (χ2v) is 4.89. The lowest BCUT2D eigenvalue weighted by molar-refractivity contribution is -0.138. The van der Waals surface area contributed by atoms with Crippen molar-refractivity contribution in [3.63, 3.8) is 0 Å². The molecule has 0 radical (unpaired) electrons. The molecule has 0 fully saturated rings. The highest BCUT2D eigenvalue weighted by atomic mass is 16.5. The lowest BCUT2D eigenvalue weighted by atomic mass is 10.0. The van der Waals surface area contributed by atoms with Gasteiger partial charge in [-0.3, -0.25) is 4.79 Å². The maximum Gasteiger partial charge on any atom is 0.310 e. The first-order chi connectivity index (χ1) is 10.6. The average Bonchev–Trinajstić information content (AvgIpc) is 2.54. The molecule has 0 aliphatic carbocycles. The van der Waals surface area contributed by atoms with E-state index in [1.165, 1.54) is 0 Å². The number of hydrogen-bond acceptors (Lipinski definition) is 2. The van der Waals surface area contributed by atoms with E-state index in [2.05, 4.69) is 11.8 Å². The van der Waals surface area contributed by atoms with E-state index in [4.69, 9.17) is 9.84 Å². The van der Waals surface area contributed by atoms with Crippen LogP contribution in [0.5, 0.6) is 5.75 Å². The molecule has 0 saturated carbocycles. The van der Waals surface area contributed by atoms with Gasteiger partial charge in [-0.05, 0) is 55.8 Å². The Labute approximate surface area is 130 Å². The zero-order chi connectivity index (χ0) is 15.9. The Morgan fingerprint density at radius 3 is 2.00 bits per heavy atom. The van der Waals surface area contributed by atoms with Crippen LogP contribution in [0.2, 0.25) is 0 Å². The monoisotopic (exact) mass is 294 g/mol. The van der Waals surface area contributed by atoms with Crippen LogP contribution in [0.25, 0.3) is 0 Å². The van der Waals surface area contributed by atoms with Gasteiger partial charge in [0.15, 0.2) is 0 Å². The van der Waals surface area contributed by atoms with Crippen LogP contribution in [0.1, 0.15) is 36.5 Å². The molecule has 2 aromatic rings. The maximum atomic E-state index is 10.9. The average molecular weight is 294 g/mol. The van der Waals surface area contributed by atoms with E-state index in [-0.39, 0.29) is 0 Å². The van der Waals surface area contributed by atoms with Crippen LogP contribution in [-0.4, -0.2) is 17.7 Å². The van der Waals surface area contributed by atoms with Gasteiger partial charge in [0.05, 0.1) is 12.5 Å². The minimum absolute atomic E-state index is 0.506. The summed E-state index contributed by atoms with van der Waals surface area (Å²) in [6.45, 7) is 4.26. The molecule has 1 N–H and O–H groups in total. The van der Waals surface area contributed by atoms with Crippen LogP contribution in [0, 0.1) is 11.8 Å². The fourth-order valence-electron chi connectivity index (χ4n) is 1.94. The van der Waals surface area contributed by atoms with E-state index in [9.17, 15) is 4.79 Å². The minimum Gasteiger partial charge on any atom is -0.494 e.